The van der Waals surface area contributed by atoms with Crippen LogP contribution >= 0.6 is 0 Å². The van der Waals surface area contributed by atoms with Crippen molar-refractivity contribution < 1.29 is 24.2 Å². The second kappa shape index (κ2) is 7.47. The van der Waals surface area contributed by atoms with Gasteiger partial charge >= 0.3 is 6.16 Å². The first kappa shape index (κ1) is 15.1. The van der Waals surface area contributed by atoms with Gasteiger partial charge in [-0.2, -0.15) is 0 Å². The van der Waals surface area contributed by atoms with Crippen LogP contribution in [0.5, 0.6) is 0 Å². The number of carbonyl (C=O) groups is 2. The molecule has 2 rings (SSSR count). The van der Waals surface area contributed by atoms with Crippen LogP contribution in [0.3, 0.4) is 0 Å². The van der Waals surface area contributed by atoms with E-state index in [9.17, 15) is 9.59 Å². The normalized spacial score (nSPS) is 22.3. The zero-order valence-corrected chi connectivity index (χ0v) is 11.8. The van der Waals surface area contributed by atoms with Crippen molar-refractivity contribution in [1.29, 1.82) is 0 Å². The van der Waals surface area contributed by atoms with Gasteiger partial charge in [-0.05, 0) is 12.3 Å². The van der Waals surface area contributed by atoms with Crippen LogP contribution in [0.1, 0.15) is 38.5 Å². The SMILES string of the molecule is O=C(O)OC(CC1CCCCC1)C(=O)N1CCOCC1. The van der Waals surface area contributed by atoms with Crippen molar-refractivity contribution in [2.75, 3.05) is 26.3 Å². The molecule has 0 spiro atoms. The first-order valence-electron chi connectivity index (χ1n) is 7.43. The lowest BCUT2D eigenvalue weighted by Gasteiger charge is -2.31. The predicted octanol–water partition coefficient (Wildman–Crippen LogP) is 1.88. The Kier molecular flexibility index (Phi) is 5.64. The number of rotatable bonds is 4. The highest BCUT2D eigenvalue weighted by Crippen LogP contribution is 2.28. The van der Waals surface area contributed by atoms with Gasteiger partial charge in [-0.3, -0.25) is 4.79 Å². The number of hydrogen-bond donors (Lipinski definition) is 1. The quantitative estimate of drug-likeness (QED) is 0.798. The van der Waals surface area contributed by atoms with Gasteiger partial charge < -0.3 is 19.5 Å². The first-order chi connectivity index (χ1) is 9.66. The molecule has 2 fully saturated rings. The average Bonchev–Trinajstić information content (AvgIpc) is 2.47. The average molecular weight is 285 g/mol. The van der Waals surface area contributed by atoms with Crippen LogP contribution in [0, 0.1) is 5.92 Å². The largest absolute Gasteiger partial charge is 0.506 e. The maximum atomic E-state index is 12.4. The van der Waals surface area contributed by atoms with Gasteiger partial charge in [0.1, 0.15) is 0 Å². The Morgan fingerprint density at radius 3 is 2.45 bits per heavy atom. The molecule has 114 valence electrons. The fourth-order valence-electron chi connectivity index (χ4n) is 3.03. The van der Waals surface area contributed by atoms with Crippen molar-refractivity contribution in [2.24, 2.45) is 5.92 Å². The Bertz CT molecular complexity index is 334. The minimum absolute atomic E-state index is 0.207. The summed E-state index contributed by atoms with van der Waals surface area (Å²) in [5.41, 5.74) is 0. The van der Waals surface area contributed by atoms with E-state index < -0.39 is 12.3 Å². The molecule has 0 aromatic rings. The lowest BCUT2D eigenvalue weighted by Crippen LogP contribution is -2.47. The number of ether oxygens (including phenoxy) is 2. The number of nitrogens with zero attached hydrogens (tertiary/aromatic N) is 1. The predicted molar refractivity (Wildman–Crippen MR) is 71.5 cm³/mol. The Morgan fingerprint density at radius 2 is 1.85 bits per heavy atom. The summed E-state index contributed by atoms with van der Waals surface area (Å²) in [5.74, 6) is 0.194. The van der Waals surface area contributed by atoms with Gasteiger partial charge in [0.05, 0.1) is 13.2 Å². The molecule has 6 heteroatoms. The number of morpholine rings is 1. The van der Waals surface area contributed by atoms with Crippen LogP contribution in [0.2, 0.25) is 0 Å². The Morgan fingerprint density at radius 1 is 1.20 bits per heavy atom. The molecule has 1 saturated carbocycles. The molecule has 1 unspecified atom stereocenters. The van der Waals surface area contributed by atoms with Crippen LogP contribution < -0.4 is 0 Å². The molecule has 1 aliphatic heterocycles. The van der Waals surface area contributed by atoms with Crippen molar-refractivity contribution in [3.63, 3.8) is 0 Å². The van der Waals surface area contributed by atoms with Gasteiger partial charge in [0.25, 0.3) is 5.91 Å². The van der Waals surface area contributed by atoms with E-state index in [1.807, 2.05) is 0 Å². The van der Waals surface area contributed by atoms with Crippen LogP contribution in [-0.4, -0.2) is 54.5 Å². The third-order valence-corrected chi connectivity index (χ3v) is 4.11. The second-order valence-electron chi connectivity index (χ2n) is 5.55. The lowest BCUT2D eigenvalue weighted by atomic mass is 9.85. The lowest BCUT2D eigenvalue weighted by molar-refractivity contribution is -0.146. The zero-order valence-electron chi connectivity index (χ0n) is 11.8. The molecule has 20 heavy (non-hydrogen) atoms. The molecule has 1 N–H and O–H groups in total. The molecule has 1 aliphatic carbocycles. The summed E-state index contributed by atoms with van der Waals surface area (Å²) in [6, 6.07) is 0. The van der Waals surface area contributed by atoms with Gasteiger partial charge in [-0.1, -0.05) is 32.1 Å². The van der Waals surface area contributed by atoms with E-state index in [4.69, 9.17) is 14.6 Å². The summed E-state index contributed by atoms with van der Waals surface area (Å²) in [4.78, 5) is 24.9. The summed E-state index contributed by atoms with van der Waals surface area (Å²) in [7, 11) is 0. The van der Waals surface area contributed by atoms with Crippen LogP contribution in [0.4, 0.5) is 4.79 Å². The number of carbonyl (C=O) groups excluding carboxylic acids is 1. The molecule has 0 aromatic carbocycles. The van der Waals surface area contributed by atoms with E-state index in [0.29, 0.717) is 38.6 Å². The topological polar surface area (TPSA) is 76.1 Å². The van der Waals surface area contributed by atoms with E-state index in [-0.39, 0.29) is 5.91 Å². The van der Waals surface area contributed by atoms with Crippen molar-refractivity contribution in [1.82, 2.24) is 4.90 Å². The van der Waals surface area contributed by atoms with Gasteiger partial charge in [0.15, 0.2) is 6.10 Å². The fourth-order valence-corrected chi connectivity index (χ4v) is 3.03. The first-order valence-corrected chi connectivity index (χ1v) is 7.43. The Labute approximate surface area is 119 Å². The highest BCUT2D eigenvalue weighted by atomic mass is 16.7. The molecule has 1 amide bonds. The number of amides is 1. The summed E-state index contributed by atoms with van der Waals surface area (Å²) < 4.78 is 10.1. The summed E-state index contributed by atoms with van der Waals surface area (Å²) in [6.45, 7) is 2.05. The van der Waals surface area contributed by atoms with Crippen LogP contribution in [0.15, 0.2) is 0 Å². The fraction of sp³-hybridized carbons (Fsp3) is 0.857. The van der Waals surface area contributed by atoms with Gasteiger partial charge in [0.2, 0.25) is 0 Å². The van der Waals surface area contributed by atoms with Gasteiger partial charge in [-0.25, -0.2) is 4.79 Å². The summed E-state index contributed by atoms with van der Waals surface area (Å²) in [5, 5.41) is 8.84. The van der Waals surface area contributed by atoms with Crippen LogP contribution in [-0.2, 0) is 14.3 Å². The molecular weight excluding hydrogens is 262 g/mol. The summed E-state index contributed by atoms with van der Waals surface area (Å²) in [6.07, 6.45) is 3.99. The minimum Gasteiger partial charge on any atom is -0.450 e. The maximum Gasteiger partial charge on any atom is 0.506 e. The van der Waals surface area contributed by atoms with E-state index in [0.717, 1.165) is 25.7 Å². The van der Waals surface area contributed by atoms with E-state index >= 15 is 0 Å². The summed E-state index contributed by atoms with van der Waals surface area (Å²) >= 11 is 0. The van der Waals surface area contributed by atoms with E-state index in [1.54, 1.807) is 4.90 Å². The molecule has 0 aromatic heterocycles. The molecule has 1 saturated heterocycles. The zero-order chi connectivity index (χ0) is 14.4. The Hall–Kier alpha value is -1.30. The maximum absolute atomic E-state index is 12.4. The molecule has 0 bridgehead atoms. The van der Waals surface area contributed by atoms with E-state index in [1.165, 1.54) is 6.42 Å². The van der Waals surface area contributed by atoms with Crippen molar-refractivity contribution in [3.8, 4) is 0 Å². The van der Waals surface area contributed by atoms with Gasteiger partial charge in [-0.15, -0.1) is 0 Å². The molecule has 6 nitrogen and oxygen atoms in total. The molecule has 1 heterocycles. The van der Waals surface area contributed by atoms with Gasteiger partial charge in [0, 0.05) is 13.1 Å². The molecule has 1 atom stereocenters. The molecule has 0 radical (unpaired) electrons. The van der Waals surface area contributed by atoms with E-state index in [2.05, 4.69) is 0 Å². The monoisotopic (exact) mass is 285 g/mol. The van der Waals surface area contributed by atoms with Crippen molar-refractivity contribution in [2.45, 2.75) is 44.6 Å². The van der Waals surface area contributed by atoms with Crippen LogP contribution in [0.25, 0.3) is 0 Å². The third kappa shape index (κ3) is 4.37. The third-order valence-electron chi connectivity index (χ3n) is 4.11. The molecule has 2 aliphatic rings. The standard InChI is InChI=1S/C14H23NO5/c16-13(15-6-8-19-9-7-15)12(20-14(17)18)10-11-4-2-1-3-5-11/h11-12H,1-10H2,(H,17,18). The Balaban J connectivity index is 1.93. The van der Waals surface area contributed by atoms with Crippen molar-refractivity contribution in [3.05, 3.63) is 0 Å². The highest BCUT2D eigenvalue weighted by molar-refractivity contribution is 5.82. The minimum atomic E-state index is -1.37. The number of hydrogen-bond acceptors (Lipinski definition) is 4. The number of carboxylic acid groups (broad SMARTS) is 1. The molecular formula is C14H23NO5. The van der Waals surface area contributed by atoms with Crippen molar-refractivity contribution >= 4 is 12.1 Å². The second-order valence-corrected chi connectivity index (χ2v) is 5.55. The smallest absolute Gasteiger partial charge is 0.450 e. The highest BCUT2D eigenvalue weighted by Gasteiger charge is 2.31.